The van der Waals surface area contributed by atoms with Crippen LogP contribution in [0.15, 0.2) is 34.8 Å². The maximum absolute atomic E-state index is 5.87. The number of aromatic nitrogens is 2. The van der Waals surface area contributed by atoms with Crippen molar-refractivity contribution in [1.82, 2.24) is 10.2 Å². The van der Waals surface area contributed by atoms with Gasteiger partial charge in [-0.05, 0) is 31.2 Å². The monoisotopic (exact) mass is 310 g/mol. The van der Waals surface area contributed by atoms with E-state index >= 15 is 0 Å². The summed E-state index contributed by atoms with van der Waals surface area (Å²) in [4.78, 5) is 0. The van der Waals surface area contributed by atoms with Gasteiger partial charge in [0.15, 0.2) is 0 Å². The van der Waals surface area contributed by atoms with E-state index in [2.05, 4.69) is 10.2 Å². The van der Waals surface area contributed by atoms with Gasteiger partial charge in [-0.15, -0.1) is 22.0 Å². The Labute approximate surface area is 127 Å². The normalized spacial score (nSPS) is 11.1. The summed E-state index contributed by atoms with van der Waals surface area (Å²) in [6, 6.07) is 7.37. The molecule has 0 aliphatic carbocycles. The van der Waals surface area contributed by atoms with Gasteiger partial charge >= 0.3 is 0 Å². The lowest BCUT2D eigenvalue weighted by Crippen LogP contribution is -2.00. The minimum absolute atomic E-state index is 0.540. The van der Waals surface area contributed by atoms with E-state index in [9.17, 15) is 0 Å². The summed E-state index contributed by atoms with van der Waals surface area (Å²) >= 11 is 7.56. The fourth-order valence-electron chi connectivity index (χ4n) is 1.47. The number of halogens is 1. The topological polar surface area (TPSA) is 48.2 Å². The molecule has 4 nitrogen and oxygen atoms in total. The van der Waals surface area contributed by atoms with Gasteiger partial charge in [-0.2, -0.15) is 0 Å². The molecular weight excluding hydrogens is 296 g/mol. The summed E-state index contributed by atoms with van der Waals surface area (Å²) in [7, 11) is 0. The van der Waals surface area contributed by atoms with Gasteiger partial charge in [0.2, 0.25) is 11.8 Å². The summed E-state index contributed by atoms with van der Waals surface area (Å²) in [6.45, 7) is 2.52. The molecule has 0 saturated heterocycles. The molecule has 0 bridgehead atoms. The molecule has 1 heterocycles. The summed E-state index contributed by atoms with van der Waals surface area (Å²) in [5, 5.41) is 8.53. The molecule has 1 aromatic heterocycles. The van der Waals surface area contributed by atoms with Gasteiger partial charge < -0.3 is 9.15 Å². The molecule has 0 saturated carbocycles. The van der Waals surface area contributed by atoms with Crippen LogP contribution in [0.1, 0.15) is 18.7 Å². The Bertz CT molecular complexity index is 572. The van der Waals surface area contributed by atoms with E-state index in [4.69, 9.17) is 20.8 Å². The van der Waals surface area contributed by atoms with E-state index in [1.807, 2.05) is 31.2 Å². The highest BCUT2D eigenvalue weighted by Gasteiger charge is 2.03. The van der Waals surface area contributed by atoms with Crippen molar-refractivity contribution < 1.29 is 9.15 Å². The number of rotatable bonds is 7. The van der Waals surface area contributed by atoms with Crippen molar-refractivity contribution in [1.29, 1.82) is 0 Å². The van der Waals surface area contributed by atoms with Crippen molar-refractivity contribution in [3.8, 4) is 5.75 Å². The van der Waals surface area contributed by atoms with Crippen molar-refractivity contribution in [2.24, 2.45) is 0 Å². The molecule has 0 amide bonds. The first kappa shape index (κ1) is 14.9. The number of thioether (sulfide) groups is 1. The summed E-state index contributed by atoms with van der Waals surface area (Å²) in [6.07, 6.45) is 3.65. The molecule has 1 aromatic carbocycles. The number of hydrogen-bond donors (Lipinski definition) is 0. The Kier molecular flexibility index (Phi) is 5.95. The maximum Gasteiger partial charge on any atom is 0.240 e. The predicted octanol–water partition coefficient (Wildman–Crippen LogP) is 4.07. The van der Waals surface area contributed by atoms with Crippen LogP contribution in [-0.4, -0.2) is 22.6 Å². The van der Waals surface area contributed by atoms with E-state index < -0.39 is 0 Å². The quantitative estimate of drug-likeness (QED) is 0.721. The van der Waals surface area contributed by atoms with Crippen LogP contribution in [0, 0.1) is 0 Å². The molecule has 106 valence electrons. The van der Waals surface area contributed by atoms with E-state index in [1.165, 1.54) is 0 Å². The van der Waals surface area contributed by atoms with Crippen molar-refractivity contribution in [2.45, 2.75) is 12.7 Å². The zero-order chi connectivity index (χ0) is 14.2. The maximum atomic E-state index is 5.87. The highest BCUT2D eigenvalue weighted by atomic mass is 35.5. The van der Waals surface area contributed by atoms with Crippen LogP contribution in [-0.2, 0) is 5.75 Å². The van der Waals surface area contributed by atoms with Gasteiger partial charge in [-0.25, -0.2) is 0 Å². The van der Waals surface area contributed by atoms with Crippen LogP contribution in [0.2, 0.25) is 5.02 Å². The second-order valence-electron chi connectivity index (χ2n) is 3.89. The molecule has 2 aromatic rings. The second-order valence-corrected chi connectivity index (χ2v) is 5.43. The first-order valence-electron chi connectivity index (χ1n) is 6.19. The van der Waals surface area contributed by atoms with Gasteiger partial charge in [-0.1, -0.05) is 23.7 Å². The van der Waals surface area contributed by atoms with Crippen molar-refractivity contribution in [3.05, 3.63) is 47.1 Å². The minimum atomic E-state index is 0.540. The lowest BCUT2D eigenvalue weighted by atomic mass is 10.3. The van der Waals surface area contributed by atoms with Crippen molar-refractivity contribution in [2.75, 3.05) is 12.4 Å². The molecule has 0 radical (unpaired) electrons. The smallest absolute Gasteiger partial charge is 0.240 e. The zero-order valence-electron chi connectivity index (χ0n) is 11.1. The number of benzene rings is 1. The largest absolute Gasteiger partial charge is 0.493 e. The molecular formula is C14H15ClN2O2S. The van der Waals surface area contributed by atoms with Gasteiger partial charge in [-0.3, -0.25) is 0 Å². The Morgan fingerprint density at radius 2 is 2.30 bits per heavy atom. The van der Waals surface area contributed by atoms with Gasteiger partial charge in [0, 0.05) is 10.8 Å². The SMILES string of the molecule is C/C=C/c1nnc(CSCCOc2cccc(Cl)c2)o1. The lowest BCUT2D eigenvalue weighted by Gasteiger charge is -2.05. The minimum Gasteiger partial charge on any atom is -0.493 e. The third-order valence-electron chi connectivity index (χ3n) is 2.31. The number of allylic oxidation sites excluding steroid dienone is 1. The fourth-order valence-corrected chi connectivity index (χ4v) is 2.29. The predicted molar refractivity (Wildman–Crippen MR) is 82.1 cm³/mol. The molecule has 0 aliphatic rings. The van der Waals surface area contributed by atoms with Crippen LogP contribution >= 0.6 is 23.4 Å². The third kappa shape index (κ3) is 4.90. The Morgan fingerprint density at radius 1 is 1.40 bits per heavy atom. The van der Waals surface area contributed by atoms with Crippen LogP contribution in [0.5, 0.6) is 5.75 Å². The van der Waals surface area contributed by atoms with Crippen molar-refractivity contribution >= 4 is 29.4 Å². The average Bonchev–Trinajstić information content (AvgIpc) is 2.87. The van der Waals surface area contributed by atoms with Crippen molar-refractivity contribution in [3.63, 3.8) is 0 Å². The molecule has 0 atom stereocenters. The van der Waals surface area contributed by atoms with E-state index in [0.717, 1.165) is 11.5 Å². The van der Waals surface area contributed by atoms with E-state index in [1.54, 1.807) is 23.9 Å². The Hall–Kier alpha value is -1.46. The molecule has 0 aliphatic heterocycles. The van der Waals surface area contributed by atoms with Crippen LogP contribution in [0.4, 0.5) is 0 Å². The molecule has 20 heavy (non-hydrogen) atoms. The van der Waals surface area contributed by atoms with Gasteiger partial charge in [0.05, 0.1) is 12.4 Å². The van der Waals surface area contributed by atoms with Gasteiger partial charge in [0.1, 0.15) is 5.75 Å². The Balaban J connectivity index is 1.66. The van der Waals surface area contributed by atoms with Crippen LogP contribution < -0.4 is 4.74 Å². The first-order chi connectivity index (χ1) is 9.78. The first-order valence-corrected chi connectivity index (χ1v) is 7.72. The molecule has 2 rings (SSSR count). The van der Waals surface area contributed by atoms with E-state index in [0.29, 0.717) is 29.2 Å². The standard InChI is InChI=1S/C14H15ClN2O2S/c1-2-4-13-16-17-14(19-13)10-20-8-7-18-12-6-3-5-11(15)9-12/h2-6,9H,7-8,10H2,1H3/b4-2+. The highest BCUT2D eigenvalue weighted by Crippen LogP contribution is 2.18. The molecule has 6 heteroatoms. The average molecular weight is 311 g/mol. The lowest BCUT2D eigenvalue weighted by molar-refractivity contribution is 0.344. The number of ether oxygens (including phenoxy) is 1. The van der Waals surface area contributed by atoms with Crippen LogP contribution in [0.25, 0.3) is 6.08 Å². The third-order valence-corrected chi connectivity index (χ3v) is 3.45. The molecule has 0 unspecified atom stereocenters. The summed E-state index contributed by atoms with van der Waals surface area (Å²) in [5.41, 5.74) is 0. The summed E-state index contributed by atoms with van der Waals surface area (Å²) in [5.74, 6) is 3.48. The summed E-state index contributed by atoms with van der Waals surface area (Å²) < 4.78 is 11.0. The van der Waals surface area contributed by atoms with E-state index in [-0.39, 0.29) is 0 Å². The fraction of sp³-hybridized carbons (Fsp3) is 0.286. The number of hydrogen-bond acceptors (Lipinski definition) is 5. The highest BCUT2D eigenvalue weighted by molar-refractivity contribution is 7.98. The molecule has 0 N–H and O–H groups in total. The zero-order valence-corrected chi connectivity index (χ0v) is 12.7. The number of nitrogens with zero attached hydrogens (tertiary/aromatic N) is 2. The molecule has 0 spiro atoms. The molecule has 0 fully saturated rings. The second kappa shape index (κ2) is 7.97. The Morgan fingerprint density at radius 3 is 3.10 bits per heavy atom. The van der Waals surface area contributed by atoms with Crippen LogP contribution in [0.3, 0.4) is 0 Å². The van der Waals surface area contributed by atoms with Gasteiger partial charge in [0.25, 0.3) is 0 Å².